The van der Waals surface area contributed by atoms with Crippen LogP contribution in [0.15, 0.2) is 65.3 Å². The smallest absolute Gasteiger partial charge is 0.410 e. The Morgan fingerprint density at radius 1 is 0.816 bits per heavy atom. The van der Waals surface area contributed by atoms with E-state index in [4.69, 9.17) is 23.7 Å². The van der Waals surface area contributed by atoms with Gasteiger partial charge in [0.25, 0.3) is 5.91 Å². The normalized spacial score (nSPS) is 26.7. The van der Waals surface area contributed by atoms with Crippen molar-refractivity contribution >= 4 is 64.7 Å². The van der Waals surface area contributed by atoms with Crippen LogP contribution in [-0.4, -0.2) is 248 Å². The number of imide groups is 1. The number of amides is 7. The van der Waals surface area contributed by atoms with Gasteiger partial charge in [0, 0.05) is 133 Å². The fourth-order valence-electron chi connectivity index (χ4n) is 16.7. The van der Waals surface area contributed by atoms with Crippen LogP contribution in [0.2, 0.25) is 0 Å². The van der Waals surface area contributed by atoms with E-state index in [9.17, 15) is 48.6 Å². The molecule has 9 aliphatic rings. The molecule has 9 atom stereocenters. The number of carbonyl (C=O) groups is 9. The molecule has 0 bridgehead atoms. The standard InChI is InChI=1S/C73H97N9O16/c1-7-26-73-27-25-55-52-21-17-48-41-50(83)20-22-51(48)63(52)54(42-72(55,73)46-97-73)47-15-18-49(19-16-47)76(5)29-9-14-61(85)80-33-31-78(45-62(86)87)43-58(80)68(91)81-34-32-79(70(93)98-71(2,3)4)44-59(81)67(90)77(6)30-11-36-95-38-40-96-39-37-94-35-10-28-74-56-13-8-12-53-64(56)69(92)82(66(53)89)57-23-24-60(84)75-65(57)88/h8,12-13,15-16,18-19,41,52,54-55,57-59,69,74,92H,9-11,14,17,20-25,27-40,42-46H2,1-6H3,(H,86,87)(H,75,84,88)/t52-,54+,55-,57?,58?,59?,69?,72+,73-/m0/s1. The van der Waals surface area contributed by atoms with E-state index in [1.54, 1.807) is 50.9 Å². The largest absolute Gasteiger partial charge is 0.480 e. The number of carboxylic acids is 1. The van der Waals surface area contributed by atoms with Crippen molar-refractivity contribution in [1.29, 1.82) is 0 Å². The number of rotatable bonds is 26. The Bertz CT molecular complexity index is 3500. The van der Waals surface area contributed by atoms with Crippen LogP contribution in [-0.2, 0) is 57.2 Å². The van der Waals surface area contributed by atoms with E-state index in [1.807, 2.05) is 20.0 Å². The maximum atomic E-state index is 15.1. The number of likely N-dealkylation sites (N-methyl/N-ethyl adjacent to an activating group) is 1. The summed E-state index contributed by atoms with van der Waals surface area (Å²) in [5, 5.41) is 26.5. The first-order chi connectivity index (χ1) is 47.0. The molecule has 25 nitrogen and oxygen atoms in total. The average Bonchev–Trinajstić information content (AvgIpc) is 1.43. The zero-order valence-corrected chi connectivity index (χ0v) is 57.6. The second-order valence-corrected chi connectivity index (χ2v) is 28.6. The summed E-state index contributed by atoms with van der Waals surface area (Å²) in [6.45, 7) is 10.9. The number of piperazine rings is 2. The number of nitrogens with one attached hydrogen (secondary N) is 2. The van der Waals surface area contributed by atoms with E-state index in [-0.39, 0.29) is 101 Å². The molecular weight excluding hydrogens is 1260 g/mol. The molecule has 2 aromatic rings. The highest BCUT2D eigenvalue weighted by Crippen LogP contribution is 2.71. The van der Waals surface area contributed by atoms with Gasteiger partial charge in [-0.15, -0.1) is 5.92 Å². The van der Waals surface area contributed by atoms with Gasteiger partial charge in [-0.1, -0.05) is 29.7 Å². The molecule has 2 aromatic carbocycles. The molecule has 0 radical (unpaired) electrons. The van der Waals surface area contributed by atoms with Gasteiger partial charge in [-0.05, 0) is 151 Å². The fourth-order valence-corrected chi connectivity index (χ4v) is 16.7. The van der Waals surface area contributed by atoms with Crippen molar-refractivity contribution in [1.82, 2.24) is 34.7 Å². The van der Waals surface area contributed by atoms with E-state index in [0.717, 1.165) is 55.7 Å². The summed E-state index contributed by atoms with van der Waals surface area (Å²) in [4.78, 5) is 131. The van der Waals surface area contributed by atoms with E-state index in [1.165, 1.54) is 41.9 Å². The number of aliphatic carboxylic acids is 1. The molecule has 1 spiro atoms. The molecule has 98 heavy (non-hydrogen) atoms. The van der Waals surface area contributed by atoms with Gasteiger partial charge in [0.1, 0.15) is 29.3 Å². The zero-order valence-electron chi connectivity index (χ0n) is 57.6. The van der Waals surface area contributed by atoms with E-state index < -0.39 is 77.2 Å². The van der Waals surface area contributed by atoms with Crippen LogP contribution < -0.4 is 15.5 Å². The molecule has 2 saturated carbocycles. The van der Waals surface area contributed by atoms with Crippen molar-refractivity contribution in [2.75, 3.05) is 136 Å². The van der Waals surface area contributed by atoms with Crippen LogP contribution in [0.3, 0.4) is 0 Å². The van der Waals surface area contributed by atoms with Gasteiger partial charge in [-0.2, -0.15) is 0 Å². The number of allylic oxidation sites excluding steroid dienone is 4. The number of carboxylic acid groups (broad SMARTS) is 1. The third-order valence-corrected chi connectivity index (χ3v) is 21.4. The quantitative estimate of drug-likeness (QED) is 0.0530. The van der Waals surface area contributed by atoms with Gasteiger partial charge in [-0.25, -0.2) is 4.79 Å². The average molecular weight is 1360 g/mol. The number of fused-ring (bicyclic) bond motifs is 4. The molecule has 4 aliphatic carbocycles. The highest BCUT2D eigenvalue weighted by molar-refractivity contribution is 6.06. The predicted molar refractivity (Wildman–Crippen MR) is 360 cm³/mol. The molecule has 4 saturated heterocycles. The molecule has 4 N–H and O–H groups in total. The first kappa shape index (κ1) is 71.6. The lowest BCUT2D eigenvalue weighted by Gasteiger charge is -2.61. The van der Waals surface area contributed by atoms with Gasteiger partial charge >= 0.3 is 12.1 Å². The summed E-state index contributed by atoms with van der Waals surface area (Å²) in [6, 6.07) is 10.7. The molecule has 5 aliphatic heterocycles. The Kier molecular flexibility index (Phi) is 22.5. The van der Waals surface area contributed by atoms with Crippen LogP contribution in [0.5, 0.6) is 0 Å². The van der Waals surface area contributed by atoms with Crippen LogP contribution >= 0.6 is 0 Å². The summed E-state index contributed by atoms with van der Waals surface area (Å²) in [5.74, 6) is 4.37. The van der Waals surface area contributed by atoms with Crippen molar-refractivity contribution in [3.63, 3.8) is 0 Å². The number of ether oxygens (including phenoxy) is 5. The SMILES string of the molecule is CC#C[C@]12CC[C@H]3[C@@H]4CCC5=CC(=O)CCC5=C4[C@@H](c4ccc(N(C)CCCC(=O)N5CCN(CC(=O)O)CC5C(=O)N5CCN(C(=O)OC(C)(C)C)CC5C(=O)N(C)CCCOCCOCCOCCCNc5cccc6c5C(O)N(C5CCC(=O)NC5=O)C6=O)cc4)C[C@@]31CO2. The molecule has 4 unspecified atom stereocenters. The van der Waals surface area contributed by atoms with Crippen molar-refractivity contribution in [3.05, 3.63) is 82.0 Å². The van der Waals surface area contributed by atoms with Crippen molar-refractivity contribution in [3.8, 4) is 11.8 Å². The molecule has 25 heteroatoms. The van der Waals surface area contributed by atoms with Gasteiger partial charge < -0.3 is 63.7 Å². The second-order valence-electron chi connectivity index (χ2n) is 28.6. The maximum absolute atomic E-state index is 15.1. The number of anilines is 2. The number of nitrogens with zero attached hydrogens (tertiary/aromatic N) is 7. The van der Waals surface area contributed by atoms with E-state index in [0.29, 0.717) is 100 Å². The molecule has 11 rings (SSSR count). The van der Waals surface area contributed by atoms with E-state index in [2.05, 4.69) is 51.6 Å². The Morgan fingerprint density at radius 2 is 1.55 bits per heavy atom. The Hall–Kier alpha value is -7.73. The minimum absolute atomic E-state index is 0.00764. The topological polar surface area (TPSA) is 287 Å². The Morgan fingerprint density at radius 3 is 2.26 bits per heavy atom. The first-order valence-corrected chi connectivity index (χ1v) is 35.1. The van der Waals surface area contributed by atoms with Crippen LogP contribution in [0.1, 0.15) is 145 Å². The molecule has 7 amide bonds. The van der Waals surface area contributed by atoms with Crippen molar-refractivity contribution in [2.45, 2.75) is 153 Å². The fraction of sp³-hybridized carbons (Fsp3) is 0.630. The predicted octanol–water partition coefficient (Wildman–Crippen LogP) is 5.27. The number of aliphatic hydroxyl groups is 1. The van der Waals surface area contributed by atoms with Crippen molar-refractivity contribution in [2.24, 2.45) is 17.3 Å². The van der Waals surface area contributed by atoms with Crippen LogP contribution in [0.4, 0.5) is 16.2 Å². The van der Waals surface area contributed by atoms with Gasteiger partial charge in [0.05, 0.1) is 46.1 Å². The van der Waals surface area contributed by atoms with Crippen LogP contribution in [0, 0.1) is 29.1 Å². The second kappa shape index (κ2) is 30.8. The van der Waals surface area contributed by atoms with Gasteiger partial charge in [0.15, 0.2) is 12.0 Å². The number of ketones is 1. The summed E-state index contributed by atoms with van der Waals surface area (Å²) >= 11 is 0. The lowest BCUT2D eigenvalue weighted by Crippen LogP contribution is -2.67. The van der Waals surface area contributed by atoms with E-state index >= 15 is 4.79 Å². The molecule has 6 fully saturated rings. The van der Waals surface area contributed by atoms with Crippen LogP contribution in [0.25, 0.3) is 0 Å². The lowest BCUT2D eigenvalue weighted by molar-refractivity contribution is -0.245. The number of benzene rings is 2. The molecular formula is C73H97N9O16. The highest BCUT2D eigenvalue weighted by Gasteiger charge is 2.71. The first-order valence-electron chi connectivity index (χ1n) is 35.1. The minimum atomic E-state index is -1.35. The van der Waals surface area contributed by atoms with Crippen molar-refractivity contribution < 1.29 is 77.0 Å². The molecule has 0 aromatic heterocycles. The number of hydrogen-bond acceptors (Lipinski definition) is 18. The zero-order chi connectivity index (χ0) is 69.6. The molecule has 5 heterocycles. The monoisotopic (exact) mass is 1360 g/mol. The third kappa shape index (κ3) is 15.2. The summed E-state index contributed by atoms with van der Waals surface area (Å²) < 4.78 is 29.5. The lowest BCUT2D eigenvalue weighted by atomic mass is 9.49. The number of piperidine rings is 1. The van der Waals surface area contributed by atoms with Gasteiger partial charge in [-0.3, -0.25) is 53.5 Å². The number of aliphatic hydroxyl groups excluding tert-OH is 1. The summed E-state index contributed by atoms with van der Waals surface area (Å²) in [5.41, 5.74) is 6.40. The molecule has 530 valence electrons. The number of hydrogen-bond donors (Lipinski definition) is 4. The number of carbonyl (C=O) groups excluding carboxylic acids is 8. The highest BCUT2D eigenvalue weighted by atomic mass is 16.6. The third-order valence-electron chi connectivity index (χ3n) is 21.4. The minimum Gasteiger partial charge on any atom is -0.480 e. The van der Waals surface area contributed by atoms with Gasteiger partial charge in [0.2, 0.25) is 29.5 Å². The summed E-state index contributed by atoms with van der Waals surface area (Å²) in [6.07, 6.45) is 8.11. The maximum Gasteiger partial charge on any atom is 0.410 e. The summed E-state index contributed by atoms with van der Waals surface area (Å²) in [7, 11) is 3.63. The Labute approximate surface area is 573 Å². The Balaban J connectivity index is 0.645.